The van der Waals surface area contributed by atoms with E-state index in [1.54, 1.807) is 13.2 Å². The molecule has 0 aliphatic carbocycles. The zero-order chi connectivity index (χ0) is 24.4. The molecule has 1 atom stereocenters. The van der Waals surface area contributed by atoms with Crippen molar-refractivity contribution in [2.45, 2.75) is 44.2 Å². The van der Waals surface area contributed by atoms with Crippen molar-refractivity contribution in [3.8, 4) is 5.75 Å². The highest BCUT2D eigenvalue weighted by atomic mass is 19.1. The fraction of sp³-hybridized carbons (Fsp3) is 0.286. The first-order chi connectivity index (χ1) is 16.9. The fourth-order valence-corrected chi connectivity index (χ4v) is 5.11. The van der Waals surface area contributed by atoms with Crippen LogP contribution in [0, 0.1) is 5.82 Å². The van der Waals surface area contributed by atoms with E-state index in [-0.39, 0.29) is 17.6 Å². The molecule has 5 rings (SSSR count). The summed E-state index contributed by atoms with van der Waals surface area (Å²) >= 11 is 0. The summed E-state index contributed by atoms with van der Waals surface area (Å²) < 4.78 is 19.0. The van der Waals surface area contributed by atoms with Crippen LogP contribution in [-0.4, -0.2) is 29.4 Å². The molecule has 0 bridgehead atoms. The molecule has 1 fully saturated rings. The van der Waals surface area contributed by atoms with Crippen LogP contribution >= 0.6 is 0 Å². The van der Waals surface area contributed by atoms with E-state index in [1.807, 2.05) is 36.4 Å². The number of nitrogens with one attached hydrogen (secondary N) is 3. The van der Waals surface area contributed by atoms with Gasteiger partial charge in [0.2, 0.25) is 11.8 Å². The molecule has 2 amide bonds. The van der Waals surface area contributed by atoms with Crippen LogP contribution in [0.5, 0.6) is 5.75 Å². The first kappa shape index (κ1) is 22.9. The molecule has 2 heterocycles. The van der Waals surface area contributed by atoms with Crippen molar-refractivity contribution in [1.29, 1.82) is 0 Å². The molecule has 35 heavy (non-hydrogen) atoms. The lowest BCUT2D eigenvalue weighted by Gasteiger charge is -2.30. The average Bonchev–Trinajstić information content (AvgIpc) is 3.44. The highest BCUT2D eigenvalue weighted by Gasteiger charge is 2.38. The summed E-state index contributed by atoms with van der Waals surface area (Å²) in [5.41, 5.74) is 2.29. The molecule has 1 aliphatic rings. The van der Waals surface area contributed by atoms with E-state index in [2.05, 4.69) is 21.7 Å². The van der Waals surface area contributed by atoms with E-state index in [1.165, 1.54) is 12.1 Å². The zero-order valence-electron chi connectivity index (χ0n) is 19.6. The van der Waals surface area contributed by atoms with Crippen LogP contribution in [0.25, 0.3) is 21.7 Å². The first-order valence-corrected chi connectivity index (χ1v) is 11.8. The van der Waals surface area contributed by atoms with Crippen molar-refractivity contribution in [3.63, 3.8) is 0 Å². The van der Waals surface area contributed by atoms with Gasteiger partial charge in [0.15, 0.2) is 0 Å². The Morgan fingerprint density at radius 2 is 1.94 bits per heavy atom. The third kappa shape index (κ3) is 4.85. The molecule has 4 aromatic rings. The average molecular weight is 474 g/mol. The minimum absolute atomic E-state index is 0.0218. The summed E-state index contributed by atoms with van der Waals surface area (Å²) in [7, 11) is 1.66. The number of hydrogen-bond acceptors (Lipinski definition) is 3. The quantitative estimate of drug-likeness (QED) is 0.345. The Kier molecular flexibility index (Phi) is 6.16. The van der Waals surface area contributed by atoms with Gasteiger partial charge in [0.05, 0.1) is 13.7 Å². The Labute approximate surface area is 202 Å². The number of aromatic amines is 1. The smallest absolute Gasteiger partial charge is 0.220 e. The van der Waals surface area contributed by atoms with Crippen LogP contribution < -0.4 is 15.4 Å². The maximum atomic E-state index is 13.4. The van der Waals surface area contributed by atoms with Gasteiger partial charge in [-0.15, -0.1) is 0 Å². The van der Waals surface area contributed by atoms with Crippen molar-refractivity contribution in [2.24, 2.45) is 0 Å². The lowest BCUT2D eigenvalue weighted by molar-refractivity contribution is -0.122. The van der Waals surface area contributed by atoms with Gasteiger partial charge in [0.25, 0.3) is 0 Å². The number of benzene rings is 3. The number of methoxy groups -OCH3 is 1. The number of carbonyl (C=O) groups is 2. The molecular weight excluding hydrogens is 445 g/mol. The van der Waals surface area contributed by atoms with Gasteiger partial charge in [-0.25, -0.2) is 4.39 Å². The van der Waals surface area contributed by atoms with Crippen molar-refractivity contribution >= 4 is 33.5 Å². The summed E-state index contributed by atoms with van der Waals surface area (Å²) in [6, 6.07) is 18.5. The van der Waals surface area contributed by atoms with Gasteiger partial charge < -0.3 is 20.4 Å². The van der Waals surface area contributed by atoms with Crippen LogP contribution in [0.2, 0.25) is 0 Å². The molecule has 1 aromatic heterocycles. The number of rotatable bonds is 8. The second-order valence-corrected chi connectivity index (χ2v) is 9.28. The van der Waals surface area contributed by atoms with Gasteiger partial charge in [-0.3, -0.25) is 9.59 Å². The number of aromatic nitrogens is 1. The predicted molar refractivity (Wildman–Crippen MR) is 134 cm³/mol. The molecule has 0 spiro atoms. The Morgan fingerprint density at radius 1 is 1.11 bits per heavy atom. The number of ether oxygens (including phenoxy) is 1. The van der Waals surface area contributed by atoms with Gasteiger partial charge in [-0.1, -0.05) is 30.3 Å². The summed E-state index contributed by atoms with van der Waals surface area (Å²) in [6.07, 6.45) is 2.63. The van der Waals surface area contributed by atoms with Crippen molar-refractivity contribution in [1.82, 2.24) is 15.6 Å². The highest BCUT2D eigenvalue weighted by molar-refractivity contribution is 5.91. The van der Waals surface area contributed by atoms with E-state index >= 15 is 0 Å². The molecule has 0 radical (unpaired) electrons. The molecule has 1 aliphatic heterocycles. The topological polar surface area (TPSA) is 83.2 Å². The van der Waals surface area contributed by atoms with Crippen LogP contribution in [0.15, 0.2) is 60.7 Å². The van der Waals surface area contributed by atoms with Crippen LogP contribution in [0.3, 0.4) is 0 Å². The van der Waals surface area contributed by atoms with E-state index in [4.69, 9.17) is 4.74 Å². The molecule has 1 unspecified atom stereocenters. The normalized spacial score (nSPS) is 17.6. The highest BCUT2D eigenvalue weighted by Crippen LogP contribution is 2.35. The molecule has 7 heteroatoms. The summed E-state index contributed by atoms with van der Waals surface area (Å²) in [4.78, 5) is 28.1. The number of fused-ring (bicyclic) bond motifs is 2. The van der Waals surface area contributed by atoms with Crippen molar-refractivity contribution < 1.29 is 18.7 Å². The monoisotopic (exact) mass is 473 g/mol. The van der Waals surface area contributed by atoms with Crippen LogP contribution in [0.4, 0.5) is 4.39 Å². The van der Waals surface area contributed by atoms with Gasteiger partial charge in [-0.2, -0.15) is 0 Å². The molecule has 0 saturated carbocycles. The van der Waals surface area contributed by atoms with E-state index in [0.29, 0.717) is 38.6 Å². The number of halogens is 1. The maximum Gasteiger partial charge on any atom is 0.220 e. The minimum Gasteiger partial charge on any atom is -0.496 e. The van der Waals surface area contributed by atoms with E-state index in [9.17, 15) is 14.0 Å². The van der Waals surface area contributed by atoms with E-state index < -0.39 is 5.54 Å². The minimum atomic E-state index is -0.468. The number of amides is 2. The lowest BCUT2D eigenvalue weighted by Crippen LogP contribution is -2.44. The fourth-order valence-electron chi connectivity index (χ4n) is 5.11. The largest absolute Gasteiger partial charge is 0.496 e. The summed E-state index contributed by atoms with van der Waals surface area (Å²) in [5.74, 6) is 0.456. The molecule has 3 aromatic carbocycles. The van der Waals surface area contributed by atoms with Crippen LogP contribution in [-0.2, 0) is 22.6 Å². The summed E-state index contributed by atoms with van der Waals surface area (Å²) in [5, 5.41) is 9.00. The van der Waals surface area contributed by atoms with Gasteiger partial charge in [-0.05, 0) is 60.5 Å². The second-order valence-electron chi connectivity index (χ2n) is 9.28. The van der Waals surface area contributed by atoms with Crippen LogP contribution in [0.1, 0.15) is 36.9 Å². The Balaban J connectivity index is 1.27. The standard InChI is InChI=1S/C28H28FN3O3/c1-35-25-9-6-18(22-4-2-3-5-23(22)25)16-28(13-11-27(34)32-28)12-10-26(33)30-17-21-15-19-14-20(29)7-8-24(19)31-21/h2-9,14-15,31H,10-13,16-17H2,1H3,(H,30,33)(H,32,34). The third-order valence-corrected chi connectivity index (χ3v) is 6.90. The van der Waals surface area contributed by atoms with Gasteiger partial charge in [0.1, 0.15) is 11.6 Å². The molecule has 3 N–H and O–H groups in total. The lowest BCUT2D eigenvalue weighted by atomic mass is 9.83. The van der Waals surface area contributed by atoms with Crippen molar-refractivity contribution in [2.75, 3.05) is 7.11 Å². The zero-order valence-corrected chi connectivity index (χ0v) is 19.6. The first-order valence-electron chi connectivity index (χ1n) is 11.8. The molecule has 1 saturated heterocycles. The molecule has 6 nitrogen and oxygen atoms in total. The second kappa shape index (κ2) is 9.41. The molecular formula is C28H28FN3O3. The number of hydrogen-bond donors (Lipinski definition) is 3. The van der Waals surface area contributed by atoms with Gasteiger partial charge >= 0.3 is 0 Å². The third-order valence-electron chi connectivity index (χ3n) is 6.90. The summed E-state index contributed by atoms with van der Waals surface area (Å²) in [6.45, 7) is 0.331. The maximum absolute atomic E-state index is 13.4. The Morgan fingerprint density at radius 3 is 2.71 bits per heavy atom. The van der Waals surface area contributed by atoms with Gasteiger partial charge in [0, 0.05) is 40.4 Å². The predicted octanol–water partition coefficient (Wildman–Crippen LogP) is 4.76. The Hall–Kier alpha value is -3.87. The number of carbonyl (C=O) groups excluding carboxylic acids is 2. The number of H-pyrrole nitrogens is 1. The van der Waals surface area contributed by atoms with E-state index in [0.717, 1.165) is 38.7 Å². The Bertz CT molecular complexity index is 1410. The SMILES string of the molecule is COc1ccc(CC2(CCC(=O)NCc3cc4cc(F)ccc4[nH]3)CCC(=O)N2)c2ccccc12. The van der Waals surface area contributed by atoms with Crippen molar-refractivity contribution in [3.05, 3.63) is 77.7 Å². The molecule has 180 valence electrons.